The Hall–Kier alpha value is -1.07. The molecule has 0 radical (unpaired) electrons. The molecule has 1 rings (SSSR count). The molecule has 0 atom stereocenters. The number of hydrogen-bond donors (Lipinski definition) is 2. The predicted molar refractivity (Wildman–Crippen MR) is 58.4 cm³/mol. The van der Waals surface area contributed by atoms with Crippen molar-refractivity contribution in [2.75, 3.05) is 25.6 Å². The van der Waals surface area contributed by atoms with Crippen molar-refractivity contribution in [3.05, 3.63) is 11.2 Å². The van der Waals surface area contributed by atoms with Crippen molar-refractivity contribution < 1.29 is 9.84 Å². The van der Waals surface area contributed by atoms with Crippen LogP contribution in [0.4, 0.5) is 5.82 Å². The second-order valence-corrected chi connectivity index (χ2v) is 3.32. The molecule has 0 bridgehead atoms. The fourth-order valence-electron chi connectivity index (χ4n) is 1.02. The van der Waals surface area contributed by atoms with E-state index in [0.717, 1.165) is 12.8 Å². The number of nitrogens with zero attached hydrogens (tertiary/aromatic N) is 2. The lowest BCUT2D eigenvalue weighted by Crippen LogP contribution is -2.06. The highest BCUT2D eigenvalue weighted by atomic mass is 35.5. The Balaban J connectivity index is 2.51. The number of halogens is 1. The Kier molecular flexibility index (Phi) is 5.14. The monoisotopic (exact) mass is 231 g/mol. The van der Waals surface area contributed by atoms with Gasteiger partial charge in [0.05, 0.1) is 13.3 Å². The van der Waals surface area contributed by atoms with Crippen molar-refractivity contribution in [2.45, 2.75) is 12.8 Å². The number of methoxy groups -OCH3 is 1. The molecule has 0 aliphatic carbocycles. The summed E-state index contributed by atoms with van der Waals surface area (Å²) in [7, 11) is 1.50. The van der Waals surface area contributed by atoms with Crippen LogP contribution in [0.2, 0.25) is 5.02 Å². The second kappa shape index (κ2) is 6.42. The van der Waals surface area contributed by atoms with E-state index in [1.807, 2.05) is 0 Å². The number of nitrogens with one attached hydrogen (secondary N) is 1. The number of anilines is 1. The van der Waals surface area contributed by atoms with Crippen LogP contribution in [0.25, 0.3) is 0 Å². The van der Waals surface area contributed by atoms with Gasteiger partial charge in [0.2, 0.25) is 0 Å². The fourth-order valence-corrected chi connectivity index (χ4v) is 1.17. The summed E-state index contributed by atoms with van der Waals surface area (Å²) in [5.74, 6) is 0.557. The summed E-state index contributed by atoms with van der Waals surface area (Å²) < 4.78 is 4.88. The van der Waals surface area contributed by atoms with Crippen molar-refractivity contribution in [2.24, 2.45) is 0 Å². The van der Waals surface area contributed by atoms with Crippen LogP contribution >= 0.6 is 11.6 Å². The van der Waals surface area contributed by atoms with Crippen molar-refractivity contribution in [3.63, 3.8) is 0 Å². The molecule has 84 valence electrons. The summed E-state index contributed by atoms with van der Waals surface area (Å²) in [6.45, 7) is 0.906. The Labute approximate surface area is 93.5 Å². The second-order valence-electron chi connectivity index (χ2n) is 2.91. The van der Waals surface area contributed by atoms with Gasteiger partial charge in [-0.3, -0.25) is 0 Å². The molecule has 0 aromatic carbocycles. The lowest BCUT2D eigenvalue weighted by Gasteiger charge is -2.07. The molecular formula is C9H14ClN3O2. The number of hydrogen-bond acceptors (Lipinski definition) is 5. The minimum atomic E-state index is 0.197. The van der Waals surface area contributed by atoms with Gasteiger partial charge in [-0.25, -0.2) is 4.98 Å². The van der Waals surface area contributed by atoms with Gasteiger partial charge < -0.3 is 15.2 Å². The number of rotatable bonds is 6. The van der Waals surface area contributed by atoms with Gasteiger partial charge >= 0.3 is 6.01 Å². The first kappa shape index (κ1) is 12.0. The predicted octanol–water partition coefficient (Wildman–Crippen LogP) is 1.32. The smallest absolute Gasteiger partial charge is 0.318 e. The molecular weight excluding hydrogens is 218 g/mol. The highest BCUT2D eigenvalue weighted by Gasteiger charge is 2.04. The number of ether oxygens (including phenoxy) is 1. The Morgan fingerprint density at radius 1 is 1.53 bits per heavy atom. The van der Waals surface area contributed by atoms with E-state index in [2.05, 4.69) is 15.3 Å². The molecule has 15 heavy (non-hydrogen) atoms. The standard InChI is InChI=1S/C9H14ClN3O2/c1-15-9-12-6-7(10)8(13-9)11-4-2-3-5-14/h6,14H,2-5H2,1H3,(H,11,12,13). The Morgan fingerprint density at radius 2 is 2.33 bits per heavy atom. The van der Waals surface area contributed by atoms with Gasteiger partial charge in [-0.1, -0.05) is 11.6 Å². The number of aliphatic hydroxyl groups is 1. The molecule has 0 aliphatic heterocycles. The van der Waals surface area contributed by atoms with Gasteiger partial charge in [0, 0.05) is 13.2 Å². The van der Waals surface area contributed by atoms with Crippen LogP contribution in [-0.4, -0.2) is 35.3 Å². The summed E-state index contributed by atoms with van der Waals surface area (Å²) in [5, 5.41) is 12.1. The minimum Gasteiger partial charge on any atom is -0.467 e. The molecule has 0 unspecified atom stereocenters. The van der Waals surface area contributed by atoms with Crippen molar-refractivity contribution in [3.8, 4) is 6.01 Å². The Morgan fingerprint density at radius 3 is 3.00 bits per heavy atom. The zero-order chi connectivity index (χ0) is 11.1. The van der Waals surface area contributed by atoms with Crippen LogP contribution in [0.1, 0.15) is 12.8 Å². The van der Waals surface area contributed by atoms with Gasteiger partial charge in [-0.05, 0) is 12.8 Å². The first-order chi connectivity index (χ1) is 7.27. The largest absolute Gasteiger partial charge is 0.467 e. The number of unbranched alkanes of at least 4 members (excludes halogenated alkanes) is 1. The van der Waals surface area contributed by atoms with Gasteiger partial charge in [0.15, 0.2) is 5.82 Å². The van der Waals surface area contributed by atoms with Crippen LogP contribution in [0.3, 0.4) is 0 Å². The van der Waals surface area contributed by atoms with E-state index in [4.69, 9.17) is 21.4 Å². The van der Waals surface area contributed by atoms with Crippen LogP contribution < -0.4 is 10.1 Å². The van der Waals surface area contributed by atoms with E-state index >= 15 is 0 Å². The first-order valence-electron chi connectivity index (χ1n) is 4.69. The van der Waals surface area contributed by atoms with Gasteiger partial charge in [0.25, 0.3) is 0 Å². The third-order valence-electron chi connectivity index (χ3n) is 1.78. The van der Waals surface area contributed by atoms with Gasteiger partial charge in [-0.15, -0.1) is 0 Å². The Bertz CT molecular complexity index is 309. The quantitative estimate of drug-likeness (QED) is 0.723. The highest BCUT2D eigenvalue weighted by molar-refractivity contribution is 6.32. The zero-order valence-electron chi connectivity index (χ0n) is 8.53. The highest BCUT2D eigenvalue weighted by Crippen LogP contribution is 2.19. The fraction of sp³-hybridized carbons (Fsp3) is 0.556. The summed E-state index contributed by atoms with van der Waals surface area (Å²) in [6.07, 6.45) is 3.10. The first-order valence-corrected chi connectivity index (χ1v) is 5.07. The van der Waals surface area contributed by atoms with Crippen molar-refractivity contribution >= 4 is 17.4 Å². The zero-order valence-corrected chi connectivity index (χ0v) is 9.29. The van der Waals surface area contributed by atoms with Gasteiger partial charge in [0.1, 0.15) is 5.02 Å². The maximum Gasteiger partial charge on any atom is 0.318 e. The molecule has 2 N–H and O–H groups in total. The average Bonchev–Trinajstić information content (AvgIpc) is 2.26. The molecule has 0 amide bonds. The van der Waals surface area contributed by atoms with Crippen molar-refractivity contribution in [1.29, 1.82) is 0 Å². The summed E-state index contributed by atoms with van der Waals surface area (Å²) in [4.78, 5) is 7.91. The summed E-state index contributed by atoms with van der Waals surface area (Å²) in [5.41, 5.74) is 0. The normalized spacial score (nSPS) is 10.1. The molecule has 0 fully saturated rings. The maximum atomic E-state index is 8.60. The molecule has 1 aromatic rings. The van der Waals surface area contributed by atoms with Crippen LogP contribution in [0, 0.1) is 0 Å². The SMILES string of the molecule is COc1ncc(Cl)c(NCCCCO)n1. The molecule has 6 heteroatoms. The van der Waals surface area contributed by atoms with E-state index in [1.54, 1.807) is 0 Å². The van der Waals surface area contributed by atoms with E-state index in [9.17, 15) is 0 Å². The third kappa shape index (κ3) is 3.89. The van der Waals surface area contributed by atoms with Crippen molar-refractivity contribution in [1.82, 2.24) is 9.97 Å². The molecule has 0 spiro atoms. The molecule has 0 saturated heterocycles. The minimum absolute atomic E-state index is 0.197. The summed E-state index contributed by atoms with van der Waals surface area (Å²) >= 11 is 5.87. The number of aliphatic hydroxyl groups excluding tert-OH is 1. The molecule has 0 saturated carbocycles. The van der Waals surface area contributed by atoms with Crippen LogP contribution in [0.5, 0.6) is 6.01 Å². The molecule has 5 nitrogen and oxygen atoms in total. The maximum absolute atomic E-state index is 8.60. The molecule has 1 aromatic heterocycles. The third-order valence-corrected chi connectivity index (χ3v) is 2.06. The van der Waals surface area contributed by atoms with Crippen LogP contribution in [0.15, 0.2) is 6.20 Å². The molecule has 0 aliphatic rings. The average molecular weight is 232 g/mol. The number of aromatic nitrogens is 2. The van der Waals surface area contributed by atoms with Crippen LogP contribution in [-0.2, 0) is 0 Å². The van der Waals surface area contributed by atoms with E-state index in [1.165, 1.54) is 13.3 Å². The van der Waals surface area contributed by atoms with E-state index in [-0.39, 0.29) is 12.6 Å². The molecule has 1 heterocycles. The van der Waals surface area contributed by atoms with E-state index in [0.29, 0.717) is 17.4 Å². The van der Waals surface area contributed by atoms with E-state index < -0.39 is 0 Å². The van der Waals surface area contributed by atoms with Gasteiger partial charge in [-0.2, -0.15) is 4.98 Å². The topological polar surface area (TPSA) is 67.3 Å². The lowest BCUT2D eigenvalue weighted by molar-refractivity contribution is 0.286. The lowest BCUT2D eigenvalue weighted by atomic mass is 10.3. The summed E-state index contributed by atoms with van der Waals surface area (Å²) in [6, 6.07) is 0.282.